The molecular formula is C15H14ClN3O5. The van der Waals surface area contributed by atoms with Crippen LogP contribution in [-0.2, 0) is 11.3 Å². The van der Waals surface area contributed by atoms with E-state index in [9.17, 15) is 19.7 Å². The number of carbonyl (C=O) groups is 1. The maximum absolute atomic E-state index is 12.2. The van der Waals surface area contributed by atoms with E-state index in [4.69, 9.17) is 16.3 Å². The molecular weight excluding hydrogens is 338 g/mol. The van der Waals surface area contributed by atoms with Crippen LogP contribution in [-0.4, -0.2) is 22.5 Å². The van der Waals surface area contributed by atoms with E-state index < -0.39 is 16.4 Å². The van der Waals surface area contributed by atoms with Crippen LogP contribution in [0.3, 0.4) is 0 Å². The summed E-state index contributed by atoms with van der Waals surface area (Å²) in [6.07, 6.45) is 1.02. The number of anilines is 1. The second-order valence-corrected chi connectivity index (χ2v) is 5.37. The SMILES string of the molecule is COc1cc(Cl)c(C)cc1NC(=O)Cn1cc([N+](=O)[O-])ccc1=O. The molecule has 0 saturated carbocycles. The maximum atomic E-state index is 12.2. The number of nitro groups is 1. The number of halogens is 1. The van der Waals surface area contributed by atoms with Gasteiger partial charge in [-0.15, -0.1) is 0 Å². The molecule has 0 bridgehead atoms. The number of amides is 1. The van der Waals surface area contributed by atoms with Gasteiger partial charge in [0.25, 0.3) is 11.2 Å². The van der Waals surface area contributed by atoms with Gasteiger partial charge >= 0.3 is 0 Å². The first-order valence-corrected chi connectivity index (χ1v) is 7.18. The highest BCUT2D eigenvalue weighted by Crippen LogP contribution is 2.30. The standard InChI is InChI=1S/C15H14ClN3O5/c1-9-5-12(13(24-2)6-11(9)16)17-14(20)8-18-7-10(19(22)23)3-4-15(18)21/h3-7H,8H2,1-2H3,(H,17,20). The van der Waals surface area contributed by atoms with Gasteiger partial charge in [0.05, 0.1) is 23.9 Å². The van der Waals surface area contributed by atoms with Crippen LogP contribution < -0.4 is 15.6 Å². The minimum Gasteiger partial charge on any atom is -0.495 e. The molecule has 0 spiro atoms. The molecule has 1 aromatic carbocycles. The Kier molecular flexibility index (Phi) is 5.20. The summed E-state index contributed by atoms with van der Waals surface area (Å²) in [5.74, 6) is -0.164. The predicted octanol–water partition coefficient (Wildman–Crippen LogP) is 2.37. The molecule has 2 aromatic rings. The number of hydrogen-bond donors (Lipinski definition) is 1. The van der Waals surface area contributed by atoms with E-state index in [0.29, 0.717) is 16.5 Å². The van der Waals surface area contributed by atoms with Gasteiger partial charge in [0.15, 0.2) is 0 Å². The second-order valence-electron chi connectivity index (χ2n) is 4.96. The molecule has 2 rings (SSSR count). The quantitative estimate of drug-likeness (QED) is 0.657. The van der Waals surface area contributed by atoms with Crippen molar-refractivity contribution in [1.29, 1.82) is 0 Å². The number of methoxy groups -OCH3 is 1. The Morgan fingerprint density at radius 2 is 2.12 bits per heavy atom. The first-order chi connectivity index (χ1) is 11.3. The Hall–Kier alpha value is -2.87. The molecule has 0 radical (unpaired) electrons. The molecule has 24 heavy (non-hydrogen) atoms. The summed E-state index contributed by atoms with van der Waals surface area (Å²) >= 11 is 6.00. The van der Waals surface area contributed by atoms with Crippen LogP contribution in [0.5, 0.6) is 5.75 Å². The third-order valence-corrected chi connectivity index (χ3v) is 3.65. The van der Waals surface area contributed by atoms with Crippen LogP contribution in [0.4, 0.5) is 11.4 Å². The number of nitrogens with zero attached hydrogens (tertiary/aromatic N) is 2. The zero-order valence-electron chi connectivity index (χ0n) is 12.9. The predicted molar refractivity (Wildman–Crippen MR) is 88.7 cm³/mol. The van der Waals surface area contributed by atoms with Crippen molar-refractivity contribution in [2.75, 3.05) is 12.4 Å². The maximum Gasteiger partial charge on any atom is 0.285 e. The first kappa shape index (κ1) is 17.5. The van der Waals surface area contributed by atoms with Gasteiger partial charge in [-0.25, -0.2) is 0 Å². The van der Waals surface area contributed by atoms with Crippen LogP contribution >= 0.6 is 11.6 Å². The lowest BCUT2D eigenvalue weighted by atomic mass is 10.2. The molecule has 0 aliphatic rings. The highest BCUT2D eigenvalue weighted by molar-refractivity contribution is 6.31. The molecule has 0 unspecified atom stereocenters. The smallest absolute Gasteiger partial charge is 0.285 e. The third-order valence-electron chi connectivity index (χ3n) is 3.25. The second kappa shape index (κ2) is 7.14. The van der Waals surface area contributed by atoms with Crippen LogP contribution in [0.25, 0.3) is 0 Å². The van der Waals surface area contributed by atoms with Gasteiger partial charge < -0.3 is 10.1 Å². The molecule has 126 valence electrons. The summed E-state index contributed by atoms with van der Waals surface area (Å²) in [6.45, 7) is 1.40. The summed E-state index contributed by atoms with van der Waals surface area (Å²) in [7, 11) is 1.43. The molecule has 9 heteroatoms. The normalized spacial score (nSPS) is 10.3. The number of benzene rings is 1. The highest BCUT2D eigenvalue weighted by Gasteiger charge is 2.13. The summed E-state index contributed by atoms with van der Waals surface area (Å²) in [4.78, 5) is 34.0. The van der Waals surface area contributed by atoms with E-state index >= 15 is 0 Å². The number of rotatable bonds is 5. The number of nitrogens with one attached hydrogen (secondary N) is 1. The molecule has 0 saturated heterocycles. The Labute approximate surface area is 141 Å². The number of aromatic nitrogens is 1. The van der Waals surface area contributed by atoms with E-state index in [2.05, 4.69) is 5.32 Å². The Bertz CT molecular complexity index is 863. The molecule has 1 N–H and O–H groups in total. The van der Waals surface area contributed by atoms with Crippen LogP contribution in [0.1, 0.15) is 5.56 Å². The minimum atomic E-state index is -0.639. The van der Waals surface area contributed by atoms with Gasteiger partial charge in [0.1, 0.15) is 12.3 Å². The molecule has 0 aliphatic heterocycles. The summed E-state index contributed by atoms with van der Waals surface area (Å²) in [5, 5.41) is 13.8. The summed E-state index contributed by atoms with van der Waals surface area (Å²) in [6, 6.07) is 5.32. The van der Waals surface area contributed by atoms with E-state index in [1.54, 1.807) is 19.1 Å². The van der Waals surface area contributed by atoms with Gasteiger partial charge in [0, 0.05) is 23.2 Å². The Morgan fingerprint density at radius 3 is 2.75 bits per heavy atom. The van der Waals surface area contributed by atoms with Crippen LogP contribution in [0.15, 0.2) is 35.3 Å². The molecule has 1 heterocycles. The number of aryl methyl sites for hydroxylation is 1. The van der Waals surface area contributed by atoms with Crippen molar-refractivity contribution in [3.05, 3.63) is 61.5 Å². The molecule has 1 aromatic heterocycles. The number of carbonyl (C=O) groups excluding carboxylic acids is 1. The van der Waals surface area contributed by atoms with E-state index in [-0.39, 0.29) is 12.2 Å². The van der Waals surface area contributed by atoms with Gasteiger partial charge in [-0.1, -0.05) is 11.6 Å². The molecule has 0 atom stereocenters. The van der Waals surface area contributed by atoms with Gasteiger partial charge in [0.2, 0.25) is 5.91 Å². The van der Waals surface area contributed by atoms with Crippen molar-refractivity contribution < 1.29 is 14.5 Å². The molecule has 0 fully saturated rings. The lowest BCUT2D eigenvalue weighted by Gasteiger charge is -2.12. The van der Waals surface area contributed by atoms with Crippen molar-refractivity contribution in [3.63, 3.8) is 0 Å². The highest BCUT2D eigenvalue weighted by atomic mass is 35.5. The lowest BCUT2D eigenvalue weighted by molar-refractivity contribution is -0.385. The first-order valence-electron chi connectivity index (χ1n) is 6.80. The van der Waals surface area contributed by atoms with Crippen LogP contribution in [0.2, 0.25) is 5.02 Å². The average Bonchev–Trinajstić information content (AvgIpc) is 2.52. The summed E-state index contributed by atoms with van der Waals surface area (Å²) in [5.41, 5.74) is 0.334. The van der Waals surface area contributed by atoms with Crippen molar-refractivity contribution in [2.24, 2.45) is 0 Å². The zero-order chi connectivity index (χ0) is 17.9. The number of pyridine rings is 1. The fraction of sp³-hybridized carbons (Fsp3) is 0.200. The van der Waals surface area contributed by atoms with Gasteiger partial charge in [-0.2, -0.15) is 0 Å². The van der Waals surface area contributed by atoms with E-state index in [1.807, 2.05) is 0 Å². The fourth-order valence-electron chi connectivity index (χ4n) is 2.02. The van der Waals surface area contributed by atoms with Crippen molar-refractivity contribution in [2.45, 2.75) is 13.5 Å². The number of ether oxygens (including phenoxy) is 1. The largest absolute Gasteiger partial charge is 0.495 e. The van der Waals surface area contributed by atoms with Crippen molar-refractivity contribution in [3.8, 4) is 5.75 Å². The topological polar surface area (TPSA) is 103 Å². The number of hydrogen-bond acceptors (Lipinski definition) is 5. The van der Waals surface area contributed by atoms with Gasteiger partial charge in [-0.3, -0.25) is 24.3 Å². The fourth-order valence-corrected chi connectivity index (χ4v) is 2.18. The van der Waals surface area contributed by atoms with Crippen molar-refractivity contribution >= 4 is 28.9 Å². The van der Waals surface area contributed by atoms with Gasteiger partial charge in [-0.05, 0) is 18.6 Å². The van der Waals surface area contributed by atoms with Crippen LogP contribution in [0, 0.1) is 17.0 Å². The van der Waals surface area contributed by atoms with Crippen molar-refractivity contribution in [1.82, 2.24) is 4.57 Å². The lowest BCUT2D eigenvalue weighted by Crippen LogP contribution is -2.27. The average molecular weight is 352 g/mol. The molecule has 0 aliphatic carbocycles. The minimum absolute atomic E-state index is 0.276. The molecule has 1 amide bonds. The zero-order valence-corrected chi connectivity index (χ0v) is 13.7. The Morgan fingerprint density at radius 1 is 1.42 bits per heavy atom. The Balaban J connectivity index is 2.23. The monoisotopic (exact) mass is 351 g/mol. The third kappa shape index (κ3) is 3.90. The van der Waals surface area contributed by atoms with E-state index in [1.165, 1.54) is 7.11 Å². The molecule has 8 nitrogen and oxygen atoms in total. The van der Waals surface area contributed by atoms with E-state index in [0.717, 1.165) is 28.5 Å². The summed E-state index contributed by atoms with van der Waals surface area (Å²) < 4.78 is 6.11.